The van der Waals surface area contributed by atoms with Crippen LogP contribution >= 0.6 is 11.3 Å². The summed E-state index contributed by atoms with van der Waals surface area (Å²) in [5.74, 6) is 1.50. The average Bonchev–Trinajstić information content (AvgIpc) is 2.68. The standard InChI is InChI=1S/C15H20N2OS/c1-9-5-10(2)7-12(6-9)18-15-17-13-4-3-11(16)8-14(13)19-15/h3-4,8-10,12H,5-7,16H2,1-2H3. The summed E-state index contributed by atoms with van der Waals surface area (Å²) in [7, 11) is 0. The molecule has 2 aromatic rings. The molecule has 19 heavy (non-hydrogen) atoms. The van der Waals surface area contributed by atoms with Crippen LogP contribution in [0.1, 0.15) is 33.1 Å². The highest BCUT2D eigenvalue weighted by Crippen LogP contribution is 2.34. The van der Waals surface area contributed by atoms with Crippen molar-refractivity contribution >= 4 is 27.2 Å². The Morgan fingerprint density at radius 3 is 2.68 bits per heavy atom. The van der Waals surface area contributed by atoms with E-state index in [1.165, 1.54) is 6.42 Å². The van der Waals surface area contributed by atoms with E-state index in [9.17, 15) is 0 Å². The highest BCUT2D eigenvalue weighted by atomic mass is 32.1. The lowest BCUT2D eigenvalue weighted by atomic mass is 9.82. The van der Waals surface area contributed by atoms with E-state index in [1.54, 1.807) is 11.3 Å². The van der Waals surface area contributed by atoms with Gasteiger partial charge < -0.3 is 10.5 Å². The lowest BCUT2D eigenvalue weighted by Gasteiger charge is -2.30. The molecule has 1 fully saturated rings. The quantitative estimate of drug-likeness (QED) is 0.841. The van der Waals surface area contributed by atoms with Crippen molar-refractivity contribution in [3.05, 3.63) is 18.2 Å². The van der Waals surface area contributed by atoms with E-state index in [4.69, 9.17) is 10.5 Å². The summed E-state index contributed by atoms with van der Waals surface area (Å²) in [5.41, 5.74) is 7.55. The van der Waals surface area contributed by atoms with Crippen molar-refractivity contribution in [3.63, 3.8) is 0 Å². The maximum Gasteiger partial charge on any atom is 0.274 e. The molecule has 0 spiro atoms. The van der Waals surface area contributed by atoms with Gasteiger partial charge in [0.25, 0.3) is 5.19 Å². The van der Waals surface area contributed by atoms with Crippen molar-refractivity contribution in [2.75, 3.05) is 5.73 Å². The predicted molar refractivity (Wildman–Crippen MR) is 80.6 cm³/mol. The maximum absolute atomic E-state index is 6.09. The molecule has 1 aliphatic rings. The van der Waals surface area contributed by atoms with E-state index in [1.807, 2.05) is 18.2 Å². The fourth-order valence-electron chi connectivity index (χ4n) is 3.08. The third-order valence-electron chi connectivity index (χ3n) is 3.80. The molecule has 0 saturated heterocycles. The summed E-state index contributed by atoms with van der Waals surface area (Å²) in [5, 5.41) is 0.784. The molecule has 0 radical (unpaired) electrons. The number of hydrogen-bond donors (Lipinski definition) is 1. The van der Waals surface area contributed by atoms with Gasteiger partial charge in [-0.15, -0.1) is 0 Å². The molecule has 0 aliphatic heterocycles. The number of aromatic nitrogens is 1. The van der Waals surface area contributed by atoms with Gasteiger partial charge in [-0.2, -0.15) is 0 Å². The Hall–Kier alpha value is -1.29. The summed E-state index contributed by atoms with van der Waals surface area (Å²) in [6.07, 6.45) is 3.91. The normalized spacial score (nSPS) is 27.6. The van der Waals surface area contributed by atoms with Gasteiger partial charge in [-0.3, -0.25) is 0 Å². The summed E-state index contributed by atoms with van der Waals surface area (Å²) in [4.78, 5) is 4.54. The van der Waals surface area contributed by atoms with E-state index in [0.717, 1.165) is 45.8 Å². The number of nitrogen functional groups attached to an aromatic ring is 1. The highest BCUT2D eigenvalue weighted by molar-refractivity contribution is 7.20. The zero-order chi connectivity index (χ0) is 13.4. The molecule has 1 saturated carbocycles. The molecular weight excluding hydrogens is 256 g/mol. The minimum absolute atomic E-state index is 0.316. The molecule has 3 nitrogen and oxygen atoms in total. The van der Waals surface area contributed by atoms with Crippen molar-refractivity contribution in [2.45, 2.75) is 39.2 Å². The average molecular weight is 276 g/mol. The Labute approximate surface area is 117 Å². The van der Waals surface area contributed by atoms with Crippen LogP contribution in [0.25, 0.3) is 10.2 Å². The molecule has 4 heteroatoms. The van der Waals surface area contributed by atoms with Crippen molar-refractivity contribution in [1.82, 2.24) is 4.98 Å². The number of benzene rings is 1. The third kappa shape index (κ3) is 2.84. The third-order valence-corrected chi connectivity index (χ3v) is 4.70. The molecule has 1 aromatic carbocycles. The molecular formula is C15H20N2OS. The number of anilines is 1. The Balaban J connectivity index is 1.77. The van der Waals surface area contributed by atoms with Crippen LogP contribution < -0.4 is 10.5 Å². The summed E-state index contributed by atoms with van der Waals surface area (Å²) in [6.45, 7) is 4.62. The molecule has 1 aliphatic carbocycles. The van der Waals surface area contributed by atoms with E-state index in [0.29, 0.717) is 6.10 Å². The number of hydrogen-bond acceptors (Lipinski definition) is 4. The summed E-state index contributed by atoms with van der Waals surface area (Å²) >= 11 is 1.59. The van der Waals surface area contributed by atoms with Gasteiger partial charge >= 0.3 is 0 Å². The first-order valence-corrected chi connectivity index (χ1v) is 7.74. The van der Waals surface area contributed by atoms with Gasteiger partial charge in [0.15, 0.2) is 0 Å². The monoisotopic (exact) mass is 276 g/mol. The first-order valence-electron chi connectivity index (χ1n) is 6.93. The van der Waals surface area contributed by atoms with Crippen LogP contribution in [0.4, 0.5) is 5.69 Å². The molecule has 102 valence electrons. The van der Waals surface area contributed by atoms with E-state index >= 15 is 0 Å². The van der Waals surface area contributed by atoms with Gasteiger partial charge in [-0.25, -0.2) is 4.98 Å². The van der Waals surface area contributed by atoms with Crippen LogP contribution in [0.3, 0.4) is 0 Å². The molecule has 3 rings (SSSR count). The van der Waals surface area contributed by atoms with Crippen LogP contribution in [-0.4, -0.2) is 11.1 Å². The van der Waals surface area contributed by atoms with Crippen molar-refractivity contribution < 1.29 is 4.74 Å². The molecule has 2 atom stereocenters. The summed E-state index contributed by atoms with van der Waals surface area (Å²) < 4.78 is 7.19. The maximum atomic E-state index is 6.09. The predicted octanol–water partition coefficient (Wildman–Crippen LogP) is 4.08. The number of rotatable bonds is 2. The number of nitrogens with two attached hydrogens (primary N) is 1. The molecule has 1 aromatic heterocycles. The molecule has 2 N–H and O–H groups in total. The van der Waals surface area contributed by atoms with Gasteiger partial charge in [0.05, 0.1) is 10.2 Å². The lowest BCUT2D eigenvalue weighted by Crippen LogP contribution is -2.28. The smallest absolute Gasteiger partial charge is 0.274 e. The van der Waals surface area contributed by atoms with E-state index in [-0.39, 0.29) is 0 Å². The van der Waals surface area contributed by atoms with Crippen LogP contribution in [0.5, 0.6) is 5.19 Å². The molecule has 0 amide bonds. The molecule has 2 unspecified atom stereocenters. The number of ether oxygens (including phenoxy) is 1. The highest BCUT2D eigenvalue weighted by Gasteiger charge is 2.26. The Bertz CT molecular complexity index is 571. The molecule has 1 heterocycles. The topological polar surface area (TPSA) is 48.1 Å². The SMILES string of the molecule is CC1CC(C)CC(Oc2nc3ccc(N)cc3s2)C1. The number of fused-ring (bicyclic) bond motifs is 1. The fraction of sp³-hybridized carbons (Fsp3) is 0.533. The van der Waals surface area contributed by atoms with Gasteiger partial charge in [-0.1, -0.05) is 25.2 Å². The second-order valence-electron chi connectivity index (χ2n) is 5.86. The van der Waals surface area contributed by atoms with Crippen molar-refractivity contribution in [3.8, 4) is 5.19 Å². The van der Waals surface area contributed by atoms with Crippen molar-refractivity contribution in [2.24, 2.45) is 11.8 Å². The first kappa shape index (κ1) is 12.7. The van der Waals surface area contributed by atoms with Crippen LogP contribution in [0.15, 0.2) is 18.2 Å². The van der Waals surface area contributed by atoms with Crippen molar-refractivity contribution in [1.29, 1.82) is 0 Å². The second kappa shape index (κ2) is 5.00. The minimum Gasteiger partial charge on any atom is -0.467 e. The number of thiazole rings is 1. The van der Waals surface area contributed by atoms with Gasteiger partial charge in [0.1, 0.15) is 6.10 Å². The van der Waals surface area contributed by atoms with Gasteiger partial charge in [0, 0.05) is 5.69 Å². The molecule has 0 bridgehead atoms. The van der Waals surface area contributed by atoms with Gasteiger partial charge in [-0.05, 0) is 49.3 Å². The largest absolute Gasteiger partial charge is 0.467 e. The van der Waals surface area contributed by atoms with Crippen LogP contribution in [0, 0.1) is 11.8 Å². The minimum atomic E-state index is 0.316. The van der Waals surface area contributed by atoms with E-state index in [2.05, 4.69) is 18.8 Å². The Morgan fingerprint density at radius 2 is 1.95 bits per heavy atom. The zero-order valence-corrected chi connectivity index (χ0v) is 12.2. The Morgan fingerprint density at radius 1 is 1.21 bits per heavy atom. The van der Waals surface area contributed by atoms with E-state index < -0.39 is 0 Å². The van der Waals surface area contributed by atoms with Gasteiger partial charge in [0.2, 0.25) is 0 Å². The Kier molecular flexibility index (Phi) is 3.35. The van der Waals surface area contributed by atoms with Crippen LogP contribution in [-0.2, 0) is 0 Å². The number of nitrogens with zero attached hydrogens (tertiary/aromatic N) is 1. The summed E-state index contributed by atoms with van der Waals surface area (Å²) in [6, 6.07) is 5.81. The second-order valence-corrected chi connectivity index (χ2v) is 6.86. The zero-order valence-electron chi connectivity index (χ0n) is 11.4. The fourth-order valence-corrected chi connectivity index (χ4v) is 4.01. The van der Waals surface area contributed by atoms with Crippen LogP contribution in [0.2, 0.25) is 0 Å². The first-order chi connectivity index (χ1) is 9.10. The lowest BCUT2D eigenvalue weighted by molar-refractivity contribution is 0.101.